The number of benzene rings is 2. The van der Waals surface area contributed by atoms with Crippen LogP contribution >= 0.6 is 22.7 Å². The second-order valence-corrected chi connectivity index (χ2v) is 26.5. The number of amides is 1. The molecular formula is C63H80BrN3O14S2. The molecule has 20 heteroatoms. The van der Waals surface area contributed by atoms with Crippen molar-refractivity contribution in [1.82, 2.24) is 5.32 Å². The van der Waals surface area contributed by atoms with Crippen LogP contribution in [0.3, 0.4) is 0 Å². The molecule has 4 saturated heterocycles. The molecular weight excluding hydrogens is 1170 g/mol. The number of anilines is 1. The van der Waals surface area contributed by atoms with Crippen molar-refractivity contribution in [3.63, 3.8) is 0 Å². The number of esters is 1. The molecule has 6 heterocycles. The van der Waals surface area contributed by atoms with Crippen LogP contribution in [0.4, 0.5) is 5.69 Å². The van der Waals surface area contributed by atoms with Crippen LogP contribution < -0.4 is 32.4 Å². The number of likely N-dealkylation sites (N-methyl/N-ethyl adjacent to an activating group) is 1. The minimum atomic E-state index is -1.72. The summed E-state index contributed by atoms with van der Waals surface area (Å²) in [7, 11) is 6.13. The highest BCUT2D eigenvalue weighted by Gasteiger charge is 2.76. The van der Waals surface area contributed by atoms with E-state index in [1.54, 1.807) is 43.5 Å². The molecule has 0 radical (unpaired) electrons. The van der Waals surface area contributed by atoms with E-state index < -0.39 is 53.8 Å². The number of phenolic OH excluding ortho intramolecular Hbond substituents is 1. The summed E-state index contributed by atoms with van der Waals surface area (Å²) in [6.07, 6.45) is 10.9. The predicted molar refractivity (Wildman–Crippen MR) is 309 cm³/mol. The number of methoxy groups -OCH3 is 1. The minimum absolute atomic E-state index is 0. The minimum Gasteiger partial charge on any atom is -1.00 e. The lowest BCUT2D eigenvalue weighted by Gasteiger charge is -2.59. The number of morpholine rings is 1. The number of hydrogen-bond donors (Lipinski definition) is 7. The number of ketones is 2. The highest BCUT2D eigenvalue weighted by molar-refractivity contribution is 7.12. The zero-order chi connectivity index (χ0) is 58.5. The molecule has 8 aliphatic rings. The van der Waals surface area contributed by atoms with Gasteiger partial charge >= 0.3 is 5.97 Å². The molecule has 83 heavy (non-hydrogen) atoms. The Morgan fingerprint density at radius 1 is 0.988 bits per heavy atom. The van der Waals surface area contributed by atoms with Crippen molar-refractivity contribution in [3.8, 4) is 11.5 Å². The van der Waals surface area contributed by atoms with Gasteiger partial charge in [-0.15, -0.1) is 22.7 Å². The van der Waals surface area contributed by atoms with E-state index in [9.17, 15) is 44.7 Å². The topological polar surface area (TPSA) is 243 Å². The Hall–Kier alpha value is -4.68. The van der Waals surface area contributed by atoms with Crippen molar-refractivity contribution in [1.29, 1.82) is 0 Å². The van der Waals surface area contributed by atoms with E-state index in [0.29, 0.717) is 71.8 Å². The van der Waals surface area contributed by atoms with Gasteiger partial charge in [0.2, 0.25) is 12.0 Å². The fraction of sp³-hybridized carbons (Fsp3) is 0.556. The standard InChI is InChI=1S/C25H34O6.C19H24N2O4.C19H22NO4S2.BrH/c1-4-5-21-30-20-11-17-16-7-6-14-10-15(27)8-9-23(14,2)22(16)18(28)12-24(17,3)25(20,31-21)19(29)13-26;1-13(9-14-3-6-16(25-2)7-4-14)20-11-19(24)15-5-8-18(23)17(10-15)21-12-22;1-20(2)12-9-11(10-13(20)17-16(12)24-17)23-18(21)19(22,14-5-3-7-25-14)15-6-4-8-26-15;/h8-10,16-18,20-22,26,28H,4-7,11-13H2,1-3H3;3-8,10,12-13,19-20,23-24H,9,11H2,1-2H3,(H,21,22);3-8,11-13,16-17,22H,9-10H2,1-2H3;1H/q;;+1;/p-1/t16-,17-,18-,20+,21?,22+,23-,24-,25+;13-,19+;11?,12-,13+,16-,17+;/m01../s1. The summed E-state index contributed by atoms with van der Waals surface area (Å²) in [4.78, 5) is 50.1. The molecule has 4 aliphatic carbocycles. The predicted octanol–water partition coefficient (Wildman–Crippen LogP) is 4.29. The largest absolute Gasteiger partial charge is 1.00 e. The van der Waals surface area contributed by atoms with Crippen molar-refractivity contribution < 1.29 is 89.9 Å². The molecule has 7 N–H and O–H groups in total. The van der Waals surface area contributed by atoms with E-state index >= 15 is 0 Å². The van der Waals surface area contributed by atoms with Gasteiger partial charge in [-0.3, -0.25) is 14.4 Å². The zero-order valence-electron chi connectivity index (χ0n) is 48.2. The number of thiophene rings is 2. The SMILES string of the molecule is CCCC1O[C@@H]2C[C@H]3[C@@H]4CCC5=CC(=O)C=C[C@]5(C)[C@H]4[C@@H](O)C[C@]3(C)[C@]2(C(=O)CO)O1.COc1ccc(C[C@@H](C)NC[C@H](O)c2ccc(O)c(NC=O)c2)cc1.C[N+]1(C)[C@@H]2CC(OC(=O)C(O)(c3cccs3)c3cccs3)C[C@H]1[C@@H]1O[C@@H]12.[Br-]. The normalized spacial score (nSPS) is 33.5. The lowest BCUT2D eigenvalue weighted by atomic mass is 9.46. The summed E-state index contributed by atoms with van der Waals surface area (Å²) in [6.45, 7) is 8.09. The quantitative estimate of drug-likeness (QED) is 0.0257. The zero-order valence-corrected chi connectivity index (χ0v) is 51.4. The number of halogens is 1. The molecule has 7 fully saturated rings. The number of phenols is 1. The Morgan fingerprint density at radius 3 is 2.27 bits per heavy atom. The van der Waals surface area contributed by atoms with Crippen molar-refractivity contribution >= 4 is 52.3 Å². The number of hydrogen-bond acceptors (Lipinski definition) is 17. The number of nitrogens with one attached hydrogen (secondary N) is 2. The summed E-state index contributed by atoms with van der Waals surface area (Å²) in [5.41, 5.74) is -0.696. The maximum absolute atomic E-state index is 13.2. The van der Waals surface area contributed by atoms with Crippen LogP contribution in [0, 0.1) is 28.6 Å². The summed E-state index contributed by atoms with van der Waals surface area (Å²) in [5, 5.41) is 62.2. The average molecular weight is 1250 g/mol. The number of aromatic hydroxyl groups is 1. The summed E-state index contributed by atoms with van der Waals surface area (Å²) in [6, 6.07) is 20.7. The lowest BCUT2D eigenvalue weighted by Crippen LogP contribution is -3.00. The van der Waals surface area contributed by atoms with Crippen molar-refractivity contribution in [2.45, 2.75) is 158 Å². The van der Waals surface area contributed by atoms with E-state index in [0.717, 1.165) is 54.3 Å². The second kappa shape index (κ2) is 25.0. The van der Waals surface area contributed by atoms with Gasteiger partial charge in [0.15, 0.2) is 23.5 Å². The Kier molecular flexibility index (Phi) is 18.9. The van der Waals surface area contributed by atoms with Gasteiger partial charge in [0.1, 0.15) is 48.5 Å². The Morgan fingerprint density at radius 2 is 1.66 bits per heavy atom. The summed E-state index contributed by atoms with van der Waals surface area (Å²) in [5.74, 6) is 0.254. The number of carbonyl (C=O) groups is 4. The van der Waals surface area contributed by atoms with Crippen LogP contribution in [0.2, 0.25) is 0 Å². The Labute approximate surface area is 504 Å². The fourth-order valence-corrected chi connectivity index (χ4v) is 17.2. The number of ether oxygens (including phenoxy) is 5. The van der Waals surface area contributed by atoms with E-state index in [1.165, 1.54) is 34.3 Å². The van der Waals surface area contributed by atoms with Crippen molar-refractivity contribution in [2.75, 3.05) is 39.7 Å². The Bertz CT molecular complexity index is 2960. The van der Waals surface area contributed by atoms with Crippen molar-refractivity contribution in [2.24, 2.45) is 28.6 Å². The van der Waals surface area contributed by atoms with Gasteiger partial charge in [0.05, 0.1) is 55.0 Å². The maximum atomic E-state index is 13.2. The molecule has 0 spiro atoms. The highest BCUT2D eigenvalue weighted by Crippen LogP contribution is 2.70. The third kappa shape index (κ3) is 11.5. The maximum Gasteiger partial charge on any atom is 0.349 e. The number of aliphatic hydroxyl groups excluding tert-OH is 3. The van der Waals surface area contributed by atoms with Crippen LogP contribution in [0.25, 0.3) is 0 Å². The first-order chi connectivity index (χ1) is 39.2. The van der Waals surface area contributed by atoms with E-state index in [-0.39, 0.29) is 75.3 Å². The number of nitrogens with zero attached hydrogens (tertiary/aromatic N) is 1. The molecule has 3 saturated carbocycles. The third-order valence-corrected chi connectivity index (χ3v) is 21.7. The van der Waals surface area contributed by atoms with Gasteiger partial charge < -0.3 is 81.3 Å². The van der Waals surface area contributed by atoms with Crippen LogP contribution in [0.5, 0.6) is 11.5 Å². The summed E-state index contributed by atoms with van der Waals surface area (Å²) >= 11 is 2.74. The van der Waals surface area contributed by atoms with Gasteiger partial charge in [-0.2, -0.15) is 0 Å². The molecule has 450 valence electrons. The molecule has 4 aromatic rings. The van der Waals surface area contributed by atoms with E-state index in [4.69, 9.17) is 23.7 Å². The van der Waals surface area contributed by atoms with E-state index in [2.05, 4.69) is 45.5 Å². The molecule has 2 unspecified atom stereocenters. The fourth-order valence-electron chi connectivity index (χ4n) is 15.5. The van der Waals surface area contributed by atoms with Gasteiger partial charge in [0.25, 0.3) is 0 Å². The molecule has 16 atom stereocenters. The van der Waals surface area contributed by atoms with Gasteiger partial charge in [-0.1, -0.05) is 69.2 Å². The van der Waals surface area contributed by atoms with Gasteiger partial charge in [-0.25, -0.2) is 4.79 Å². The molecule has 12 rings (SSSR count). The van der Waals surface area contributed by atoms with Gasteiger partial charge in [-0.05, 0) is 128 Å². The third-order valence-electron chi connectivity index (χ3n) is 19.7. The number of rotatable bonds is 17. The smallest absolute Gasteiger partial charge is 0.349 e. The lowest BCUT2D eigenvalue weighted by molar-refractivity contribution is -0.938. The molecule has 17 nitrogen and oxygen atoms in total. The number of carbonyl (C=O) groups excluding carboxylic acids is 4. The molecule has 2 aromatic carbocycles. The second-order valence-electron chi connectivity index (χ2n) is 24.6. The first-order valence-electron chi connectivity index (χ1n) is 28.8. The summed E-state index contributed by atoms with van der Waals surface area (Å²) < 4.78 is 30.5. The number of piperidine rings is 1. The number of epoxide rings is 1. The number of fused-ring (bicyclic) bond motifs is 12. The van der Waals surface area contributed by atoms with Gasteiger partial charge in [0, 0.05) is 42.2 Å². The van der Waals surface area contributed by atoms with Crippen LogP contribution in [0.1, 0.15) is 106 Å². The van der Waals surface area contributed by atoms with Crippen LogP contribution in [0.15, 0.2) is 101 Å². The van der Waals surface area contributed by atoms with Crippen molar-refractivity contribution in [3.05, 3.63) is 122 Å². The number of Topliss-reactive ketones (excluding diaryl/α,β-unsaturated/α-hetero) is 1. The first kappa shape index (κ1) is 62.8. The highest BCUT2D eigenvalue weighted by atomic mass is 79.9. The number of aliphatic hydroxyl groups is 4. The average Bonchev–Trinajstić information content (AvgIpc) is 1.85. The number of quaternary nitrogens is 1. The molecule has 2 bridgehead atoms. The molecule has 4 aliphatic heterocycles. The van der Waals surface area contributed by atoms with Crippen LogP contribution in [-0.2, 0) is 50.1 Å². The molecule has 2 aromatic heterocycles. The monoisotopic (exact) mass is 1250 g/mol. The molecule has 1 amide bonds. The first-order valence-corrected chi connectivity index (χ1v) is 30.6. The van der Waals surface area contributed by atoms with E-state index in [1.807, 2.05) is 60.2 Å². The van der Waals surface area contributed by atoms with Crippen LogP contribution in [-0.4, -0.2) is 149 Å². The number of allylic oxidation sites excluding steroid dienone is 4. The Balaban J connectivity index is 0.000000150.